The summed E-state index contributed by atoms with van der Waals surface area (Å²) in [6.45, 7) is 0.0769. The first kappa shape index (κ1) is 15.0. The van der Waals surface area contributed by atoms with Gasteiger partial charge in [-0.3, -0.25) is 0 Å². The molecule has 3 aromatic heterocycles. The van der Waals surface area contributed by atoms with Crippen molar-refractivity contribution in [2.24, 2.45) is 0 Å². The number of thiophene rings is 1. The highest BCUT2D eigenvalue weighted by molar-refractivity contribution is 7.13. The highest BCUT2D eigenvalue weighted by Crippen LogP contribution is 2.32. The predicted molar refractivity (Wildman–Crippen MR) is 76.7 cm³/mol. The molecule has 0 aliphatic rings. The van der Waals surface area contributed by atoms with Gasteiger partial charge in [0.2, 0.25) is 0 Å². The monoisotopic (exact) mass is 344 g/mol. The molecule has 3 heterocycles. The normalized spacial score (nSPS) is 11.8. The van der Waals surface area contributed by atoms with Gasteiger partial charge in [0, 0.05) is 18.6 Å². The van der Waals surface area contributed by atoms with E-state index >= 15 is 0 Å². The van der Waals surface area contributed by atoms with Crippen molar-refractivity contribution >= 4 is 22.9 Å². The van der Waals surface area contributed by atoms with E-state index in [-0.39, 0.29) is 12.4 Å². The molecule has 0 spiro atoms. The molecule has 3 aromatic rings. The number of hydrogen-bond acceptors (Lipinski definition) is 4. The smallest absolute Gasteiger partial charge is 0.322 e. The van der Waals surface area contributed by atoms with E-state index in [1.807, 2.05) is 0 Å². The maximum Gasteiger partial charge on any atom is 0.434 e. The summed E-state index contributed by atoms with van der Waals surface area (Å²) in [7, 11) is 0. The molecular weight excluding hydrogens is 337 g/mol. The Balaban J connectivity index is 2.01. The largest absolute Gasteiger partial charge is 0.434 e. The van der Waals surface area contributed by atoms with Gasteiger partial charge in [-0.15, -0.1) is 11.3 Å². The van der Waals surface area contributed by atoms with Crippen molar-refractivity contribution in [3.63, 3.8) is 0 Å². The van der Waals surface area contributed by atoms with Gasteiger partial charge in [-0.05, 0) is 11.4 Å². The quantitative estimate of drug-likeness (QED) is 0.717. The summed E-state index contributed by atoms with van der Waals surface area (Å²) in [4.78, 5) is 12.3. The highest BCUT2D eigenvalue weighted by atomic mass is 35.5. The fourth-order valence-electron chi connectivity index (χ4n) is 1.85. The first-order valence-corrected chi connectivity index (χ1v) is 7.34. The molecule has 0 unspecified atom stereocenters. The number of aromatic nitrogens is 4. The lowest BCUT2D eigenvalue weighted by Crippen LogP contribution is -2.06. The summed E-state index contributed by atoms with van der Waals surface area (Å²) in [6, 6.07) is 3.47. The third-order valence-electron chi connectivity index (χ3n) is 2.79. The van der Waals surface area contributed by atoms with Gasteiger partial charge in [-0.25, -0.2) is 15.0 Å². The van der Waals surface area contributed by atoms with Gasteiger partial charge in [0.05, 0.1) is 16.4 Å². The van der Waals surface area contributed by atoms with E-state index in [0.29, 0.717) is 15.7 Å². The molecule has 0 radical (unpaired) electrons. The van der Waals surface area contributed by atoms with E-state index in [4.69, 9.17) is 11.6 Å². The van der Waals surface area contributed by atoms with Crippen molar-refractivity contribution in [3.05, 3.63) is 52.6 Å². The fourth-order valence-corrected chi connectivity index (χ4v) is 2.68. The Morgan fingerprint density at radius 2 is 1.95 bits per heavy atom. The lowest BCUT2D eigenvalue weighted by Gasteiger charge is -2.05. The minimum atomic E-state index is -4.50. The van der Waals surface area contributed by atoms with E-state index < -0.39 is 11.9 Å². The predicted octanol–water partition coefficient (Wildman–Crippen LogP) is 4.12. The SMILES string of the molecule is FC(F)(F)c1cn(Cc2ncc(Cl)cn2)c(-c2cccs2)n1. The van der Waals surface area contributed by atoms with Crippen LogP contribution in [-0.2, 0) is 12.7 Å². The van der Waals surface area contributed by atoms with Gasteiger partial charge in [0.25, 0.3) is 0 Å². The molecule has 0 N–H and O–H groups in total. The summed E-state index contributed by atoms with van der Waals surface area (Å²) in [5, 5.41) is 2.14. The topological polar surface area (TPSA) is 43.6 Å². The molecular formula is C13H8ClF3N4S. The minimum Gasteiger partial charge on any atom is -0.322 e. The second-order valence-corrected chi connectivity index (χ2v) is 5.75. The maximum absolute atomic E-state index is 12.9. The van der Waals surface area contributed by atoms with Crippen LogP contribution in [0, 0.1) is 0 Å². The van der Waals surface area contributed by atoms with Crippen molar-refractivity contribution in [2.75, 3.05) is 0 Å². The number of rotatable bonds is 3. The van der Waals surface area contributed by atoms with Crippen LogP contribution in [0.2, 0.25) is 5.02 Å². The van der Waals surface area contributed by atoms with Crippen LogP contribution in [0.15, 0.2) is 36.1 Å². The molecule has 0 bridgehead atoms. The highest BCUT2D eigenvalue weighted by Gasteiger charge is 2.35. The van der Waals surface area contributed by atoms with E-state index in [9.17, 15) is 13.2 Å². The van der Waals surface area contributed by atoms with Gasteiger partial charge in [0.1, 0.15) is 5.82 Å². The molecule has 114 valence electrons. The zero-order valence-corrected chi connectivity index (χ0v) is 12.5. The van der Waals surface area contributed by atoms with E-state index in [0.717, 1.165) is 6.20 Å². The molecule has 0 fully saturated rings. The van der Waals surface area contributed by atoms with Crippen LogP contribution < -0.4 is 0 Å². The lowest BCUT2D eigenvalue weighted by atomic mass is 10.4. The summed E-state index contributed by atoms with van der Waals surface area (Å²) in [5.74, 6) is 0.592. The van der Waals surface area contributed by atoms with Gasteiger partial charge >= 0.3 is 6.18 Å². The molecule has 0 aliphatic carbocycles. The second-order valence-electron chi connectivity index (χ2n) is 4.37. The Hall–Kier alpha value is -1.93. The standard InChI is InChI=1S/C13H8ClF3N4S/c14-8-4-18-11(19-5-8)7-21-6-10(13(15,16)17)20-12(21)9-2-1-3-22-9/h1-6H,7H2. The van der Waals surface area contributed by atoms with Gasteiger partial charge in [-0.1, -0.05) is 17.7 Å². The molecule has 0 atom stereocenters. The maximum atomic E-state index is 12.9. The zero-order valence-electron chi connectivity index (χ0n) is 10.9. The van der Waals surface area contributed by atoms with Crippen LogP contribution in [0.25, 0.3) is 10.7 Å². The first-order valence-electron chi connectivity index (χ1n) is 6.08. The average molecular weight is 345 g/mol. The number of imidazole rings is 1. The Bertz CT molecular complexity index is 766. The Labute approximate surface area is 132 Å². The van der Waals surface area contributed by atoms with Crippen molar-refractivity contribution in [1.82, 2.24) is 19.5 Å². The fraction of sp³-hybridized carbons (Fsp3) is 0.154. The van der Waals surface area contributed by atoms with Crippen molar-refractivity contribution < 1.29 is 13.2 Å². The molecule has 4 nitrogen and oxygen atoms in total. The number of halogens is 4. The second kappa shape index (κ2) is 5.69. The van der Waals surface area contributed by atoms with E-state index in [1.165, 1.54) is 28.3 Å². The van der Waals surface area contributed by atoms with Crippen molar-refractivity contribution in [3.8, 4) is 10.7 Å². The van der Waals surface area contributed by atoms with Crippen LogP contribution in [-0.4, -0.2) is 19.5 Å². The molecule has 22 heavy (non-hydrogen) atoms. The summed E-state index contributed by atoms with van der Waals surface area (Å²) in [5.41, 5.74) is -0.940. The van der Waals surface area contributed by atoms with Crippen LogP contribution in [0.5, 0.6) is 0 Å². The number of hydrogen-bond donors (Lipinski definition) is 0. The van der Waals surface area contributed by atoms with Gasteiger partial charge in [-0.2, -0.15) is 13.2 Å². The number of nitrogens with zero attached hydrogens (tertiary/aromatic N) is 4. The van der Waals surface area contributed by atoms with Crippen LogP contribution >= 0.6 is 22.9 Å². The van der Waals surface area contributed by atoms with Gasteiger partial charge < -0.3 is 4.57 Å². The molecule has 0 aromatic carbocycles. The van der Waals surface area contributed by atoms with Gasteiger partial charge in [0.15, 0.2) is 11.5 Å². The van der Waals surface area contributed by atoms with Crippen LogP contribution in [0.4, 0.5) is 13.2 Å². The molecule has 3 rings (SSSR count). The first-order chi connectivity index (χ1) is 10.4. The molecule has 0 saturated carbocycles. The Kier molecular flexibility index (Phi) is 3.88. The molecule has 0 amide bonds. The molecule has 9 heteroatoms. The van der Waals surface area contributed by atoms with Crippen molar-refractivity contribution in [1.29, 1.82) is 0 Å². The summed E-state index contributed by atoms with van der Waals surface area (Å²) < 4.78 is 40.1. The third-order valence-corrected chi connectivity index (χ3v) is 3.86. The summed E-state index contributed by atoms with van der Waals surface area (Å²) >= 11 is 7.01. The number of alkyl halides is 3. The third kappa shape index (κ3) is 3.12. The minimum absolute atomic E-state index is 0.0769. The Morgan fingerprint density at radius 3 is 2.55 bits per heavy atom. The molecule has 0 aliphatic heterocycles. The molecule has 0 saturated heterocycles. The average Bonchev–Trinajstić information content (AvgIpc) is 3.09. The lowest BCUT2D eigenvalue weighted by molar-refractivity contribution is -0.140. The van der Waals surface area contributed by atoms with E-state index in [2.05, 4.69) is 15.0 Å². The van der Waals surface area contributed by atoms with E-state index in [1.54, 1.807) is 17.5 Å². The summed E-state index contributed by atoms with van der Waals surface area (Å²) in [6.07, 6.45) is -0.738. The van der Waals surface area contributed by atoms with Crippen LogP contribution in [0.1, 0.15) is 11.5 Å². The van der Waals surface area contributed by atoms with Crippen LogP contribution in [0.3, 0.4) is 0 Å². The Morgan fingerprint density at radius 1 is 1.23 bits per heavy atom. The zero-order chi connectivity index (χ0) is 15.7. The van der Waals surface area contributed by atoms with Crippen molar-refractivity contribution in [2.45, 2.75) is 12.7 Å².